The van der Waals surface area contributed by atoms with Crippen molar-refractivity contribution < 1.29 is 14.3 Å². The molecule has 1 N–H and O–H groups in total. The molecule has 2 aromatic carbocycles. The number of rotatable bonds is 8. The normalized spacial score (nSPS) is 11.0. The zero-order chi connectivity index (χ0) is 23.2. The number of aryl methyl sites for hydroxylation is 1. The molecule has 4 rings (SSSR count). The van der Waals surface area contributed by atoms with Crippen molar-refractivity contribution in [1.82, 2.24) is 24.6 Å². The van der Waals surface area contributed by atoms with Crippen LogP contribution in [0.5, 0.6) is 11.5 Å². The standard InChI is InChI=1S/C25H25N5O3/c1-29-14-13-26-23(29)16-27-24(31)12-10-19-17-30(20-7-5-4-6-8-20)28-25(19)18-9-11-21(32-2)22(15-18)33-3/h4-15,17H,16H2,1-3H3,(H,27,31). The summed E-state index contributed by atoms with van der Waals surface area (Å²) in [6.07, 6.45) is 8.69. The molecule has 0 spiro atoms. The van der Waals surface area contributed by atoms with Gasteiger partial charge in [0.05, 0.1) is 26.5 Å². The third-order valence-electron chi connectivity index (χ3n) is 5.18. The van der Waals surface area contributed by atoms with Gasteiger partial charge in [-0.1, -0.05) is 18.2 Å². The van der Waals surface area contributed by atoms with Crippen molar-refractivity contribution in [2.75, 3.05) is 14.2 Å². The fraction of sp³-hybridized carbons (Fsp3) is 0.160. The van der Waals surface area contributed by atoms with Crippen LogP contribution in [0.2, 0.25) is 0 Å². The number of nitrogens with zero attached hydrogens (tertiary/aromatic N) is 4. The molecule has 0 atom stereocenters. The van der Waals surface area contributed by atoms with E-state index >= 15 is 0 Å². The van der Waals surface area contributed by atoms with E-state index in [1.807, 2.05) is 72.5 Å². The lowest BCUT2D eigenvalue weighted by molar-refractivity contribution is -0.116. The van der Waals surface area contributed by atoms with Gasteiger partial charge in [-0.15, -0.1) is 0 Å². The number of aromatic nitrogens is 4. The molecule has 2 heterocycles. The summed E-state index contributed by atoms with van der Waals surface area (Å²) < 4.78 is 14.5. The van der Waals surface area contributed by atoms with Crippen LogP contribution in [0.25, 0.3) is 23.0 Å². The Morgan fingerprint density at radius 3 is 2.58 bits per heavy atom. The largest absolute Gasteiger partial charge is 0.493 e. The van der Waals surface area contributed by atoms with Crippen LogP contribution in [0.15, 0.2) is 73.2 Å². The molecule has 2 aromatic heterocycles. The molecule has 0 unspecified atom stereocenters. The van der Waals surface area contributed by atoms with E-state index in [0.29, 0.717) is 23.7 Å². The summed E-state index contributed by atoms with van der Waals surface area (Å²) in [6.45, 7) is 0.346. The summed E-state index contributed by atoms with van der Waals surface area (Å²) in [4.78, 5) is 16.6. The number of amides is 1. The van der Waals surface area contributed by atoms with Gasteiger partial charge in [0.25, 0.3) is 0 Å². The molecule has 8 nitrogen and oxygen atoms in total. The van der Waals surface area contributed by atoms with E-state index in [1.165, 1.54) is 6.08 Å². The molecule has 0 fully saturated rings. The molecule has 8 heteroatoms. The van der Waals surface area contributed by atoms with Crippen molar-refractivity contribution >= 4 is 12.0 Å². The van der Waals surface area contributed by atoms with Gasteiger partial charge >= 0.3 is 0 Å². The lowest BCUT2D eigenvalue weighted by atomic mass is 10.1. The second-order valence-electron chi connectivity index (χ2n) is 7.29. The Morgan fingerprint density at radius 2 is 1.88 bits per heavy atom. The molecule has 0 aliphatic rings. The van der Waals surface area contributed by atoms with E-state index < -0.39 is 0 Å². The minimum Gasteiger partial charge on any atom is -0.493 e. The first-order valence-corrected chi connectivity index (χ1v) is 10.4. The summed E-state index contributed by atoms with van der Waals surface area (Å²) in [5.41, 5.74) is 3.26. The molecule has 0 radical (unpaired) electrons. The predicted octanol–water partition coefficient (Wildman–Crippen LogP) is 3.62. The quantitative estimate of drug-likeness (QED) is 0.421. The van der Waals surface area contributed by atoms with E-state index in [9.17, 15) is 4.79 Å². The highest BCUT2D eigenvalue weighted by Crippen LogP contribution is 2.33. The van der Waals surface area contributed by atoms with E-state index in [4.69, 9.17) is 14.6 Å². The first kappa shape index (κ1) is 21.9. The second kappa shape index (κ2) is 9.86. The number of para-hydroxylation sites is 1. The molecule has 168 valence electrons. The van der Waals surface area contributed by atoms with Crippen LogP contribution < -0.4 is 14.8 Å². The van der Waals surface area contributed by atoms with Gasteiger partial charge in [0.1, 0.15) is 11.5 Å². The lowest BCUT2D eigenvalue weighted by Crippen LogP contribution is -2.22. The highest BCUT2D eigenvalue weighted by molar-refractivity contribution is 5.92. The van der Waals surface area contributed by atoms with Gasteiger partial charge in [-0.05, 0) is 36.4 Å². The number of methoxy groups -OCH3 is 2. The van der Waals surface area contributed by atoms with Crippen LogP contribution in [0.4, 0.5) is 0 Å². The maximum Gasteiger partial charge on any atom is 0.244 e. The van der Waals surface area contributed by atoms with Crippen LogP contribution in [-0.4, -0.2) is 39.5 Å². The van der Waals surface area contributed by atoms with Gasteiger partial charge < -0.3 is 19.4 Å². The average molecular weight is 444 g/mol. The Labute approximate surface area is 192 Å². The number of hydrogen-bond donors (Lipinski definition) is 1. The smallest absolute Gasteiger partial charge is 0.244 e. The monoisotopic (exact) mass is 443 g/mol. The van der Waals surface area contributed by atoms with E-state index in [1.54, 1.807) is 31.2 Å². The van der Waals surface area contributed by atoms with Crippen LogP contribution >= 0.6 is 0 Å². The summed E-state index contributed by atoms with van der Waals surface area (Å²) in [5, 5.41) is 7.64. The summed E-state index contributed by atoms with van der Waals surface area (Å²) in [5.74, 6) is 1.80. The van der Waals surface area contributed by atoms with Crippen molar-refractivity contribution in [2.45, 2.75) is 6.54 Å². The van der Waals surface area contributed by atoms with Crippen LogP contribution in [0.3, 0.4) is 0 Å². The predicted molar refractivity (Wildman–Crippen MR) is 126 cm³/mol. The molecule has 0 aliphatic heterocycles. The SMILES string of the molecule is COc1ccc(-c2nn(-c3ccccc3)cc2C=CC(=O)NCc2nccn2C)cc1OC. The van der Waals surface area contributed by atoms with Gasteiger partial charge in [-0.25, -0.2) is 9.67 Å². The Balaban J connectivity index is 1.64. The maximum absolute atomic E-state index is 12.4. The molecule has 0 aliphatic carbocycles. The number of carbonyl (C=O) groups excluding carboxylic acids is 1. The number of imidazole rings is 1. The van der Waals surface area contributed by atoms with Crippen molar-refractivity contribution in [2.24, 2.45) is 7.05 Å². The van der Waals surface area contributed by atoms with Gasteiger partial charge in [-0.3, -0.25) is 4.79 Å². The zero-order valence-electron chi connectivity index (χ0n) is 18.7. The van der Waals surface area contributed by atoms with Gasteiger partial charge in [-0.2, -0.15) is 5.10 Å². The molecular formula is C25H25N5O3. The van der Waals surface area contributed by atoms with Gasteiger partial charge in [0.15, 0.2) is 11.5 Å². The summed E-state index contributed by atoms with van der Waals surface area (Å²) >= 11 is 0. The minimum absolute atomic E-state index is 0.219. The first-order valence-electron chi connectivity index (χ1n) is 10.4. The molecule has 33 heavy (non-hydrogen) atoms. The minimum atomic E-state index is -0.219. The van der Waals surface area contributed by atoms with Crippen LogP contribution in [-0.2, 0) is 18.4 Å². The van der Waals surface area contributed by atoms with Crippen molar-refractivity contribution in [3.8, 4) is 28.4 Å². The van der Waals surface area contributed by atoms with Gasteiger partial charge in [0.2, 0.25) is 5.91 Å². The molecule has 0 saturated heterocycles. The highest BCUT2D eigenvalue weighted by Gasteiger charge is 2.14. The molecule has 4 aromatic rings. The van der Waals surface area contributed by atoms with E-state index in [-0.39, 0.29) is 5.91 Å². The van der Waals surface area contributed by atoms with E-state index in [0.717, 1.165) is 22.6 Å². The zero-order valence-corrected chi connectivity index (χ0v) is 18.7. The fourth-order valence-electron chi connectivity index (χ4n) is 3.39. The Hall–Kier alpha value is -4.33. The summed E-state index contributed by atoms with van der Waals surface area (Å²) in [7, 11) is 5.08. The molecule has 0 bridgehead atoms. The number of carbonyl (C=O) groups is 1. The van der Waals surface area contributed by atoms with Crippen molar-refractivity contribution in [1.29, 1.82) is 0 Å². The van der Waals surface area contributed by atoms with Crippen LogP contribution in [0, 0.1) is 0 Å². The number of ether oxygens (including phenoxy) is 2. The number of nitrogens with one attached hydrogen (secondary N) is 1. The van der Waals surface area contributed by atoms with E-state index in [2.05, 4.69) is 10.3 Å². The molecule has 1 amide bonds. The molecule has 0 saturated carbocycles. The Bertz CT molecular complexity index is 1270. The average Bonchev–Trinajstić information content (AvgIpc) is 3.47. The highest BCUT2D eigenvalue weighted by atomic mass is 16.5. The lowest BCUT2D eigenvalue weighted by Gasteiger charge is -2.09. The third kappa shape index (κ3) is 4.95. The Morgan fingerprint density at radius 1 is 1.09 bits per heavy atom. The van der Waals surface area contributed by atoms with Crippen LogP contribution in [0.1, 0.15) is 11.4 Å². The Kier molecular flexibility index (Phi) is 6.54. The topological polar surface area (TPSA) is 83.2 Å². The maximum atomic E-state index is 12.4. The second-order valence-corrected chi connectivity index (χ2v) is 7.29. The first-order chi connectivity index (χ1) is 16.1. The van der Waals surface area contributed by atoms with Crippen molar-refractivity contribution in [3.63, 3.8) is 0 Å². The third-order valence-corrected chi connectivity index (χ3v) is 5.18. The van der Waals surface area contributed by atoms with Gasteiger partial charge in [0, 0.05) is 42.8 Å². The fourth-order valence-corrected chi connectivity index (χ4v) is 3.39. The molecular weight excluding hydrogens is 418 g/mol. The number of hydrogen-bond acceptors (Lipinski definition) is 5. The summed E-state index contributed by atoms with van der Waals surface area (Å²) in [6, 6.07) is 15.4. The number of benzene rings is 2. The van der Waals surface area contributed by atoms with Crippen molar-refractivity contribution in [3.05, 3.63) is 84.6 Å².